The lowest BCUT2D eigenvalue weighted by atomic mass is 10.1. The van der Waals surface area contributed by atoms with Gasteiger partial charge in [-0.2, -0.15) is 0 Å². The molecular formula is C16H20ClNO2. The second-order valence-electron chi connectivity index (χ2n) is 5.07. The molecule has 0 saturated carbocycles. The Kier molecular flexibility index (Phi) is 4.86. The summed E-state index contributed by atoms with van der Waals surface area (Å²) in [5.74, 6) is 1.83. The smallest absolute Gasteiger partial charge is 0.105 e. The molecule has 4 heteroatoms. The van der Waals surface area contributed by atoms with Gasteiger partial charge in [-0.05, 0) is 44.5 Å². The van der Waals surface area contributed by atoms with Crippen molar-refractivity contribution in [1.82, 2.24) is 5.32 Å². The van der Waals surface area contributed by atoms with E-state index >= 15 is 0 Å². The SMILES string of the molecule is Cc1cc(C(C)NCC(O)c2ccc(Cl)cc2)c(C)o1. The summed E-state index contributed by atoms with van der Waals surface area (Å²) in [6, 6.07) is 9.41. The fourth-order valence-electron chi connectivity index (χ4n) is 2.28. The Morgan fingerprint density at radius 2 is 1.90 bits per heavy atom. The molecule has 1 aromatic heterocycles. The van der Waals surface area contributed by atoms with E-state index in [1.165, 1.54) is 0 Å². The van der Waals surface area contributed by atoms with Crippen LogP contribution in [0, 0.1) is 13.8 Å². The fraction of sp³-hybridized carbons (Fsp3) is 0.375. The van der Waals surface area contributed by atoms with E-state index < -0.39 is 6.10 Å². The molecule has 0 radical (unpaired) electrons. The minimum absolute atomic E-state index is 0.134. The van der Waals surface area contributed by atoms with Crippen molar-refractivity contribution >= 4 is 11.6 Å². The topological polar surface area (TPSA) is 45.4 Å². The summed E-state index contributed by atoms with van der Waals surface area (Å²) in [4.78, 5) is 0. The van der Waals surface area contributed by atoms with Crippen molar-refractivity contribution in [3.05, 3.63) is 58.0 Å². The van der Waals surface area contributed by atoms with Crippen LogP contribution in [0.15, 0.2) is 34.7 Å². The van der Waals surface area contributed by atoms with Gasteiger partial charge >= 0.3 is 0 Å². The summed E-state index contributed by atoms with van der Waals surface area (Å²) >= 11 is 5.84. The highest BCUT2D eigenvalue weighted by Gasteiger charge is 2.14. The molecule has 0 aliphatic heterocycles. The first kappa shape index (κ1) is 15.1. The molecule has 0 spiro atoms. The standard InChI is InChI=1S/C16H20ClNO2/c1-10-8-15(12(3)20-10)11(2)18-9-16(19)13-4-6-14(17)7-5-13/h4-8,11,16,18-19H,9H2,1-3H3. The quantitative estimate of drug-likeness (QED) is 0.878. The Morgan fingerprint density at radius 3 is 2.45 bits per heavy atom. The molecule has 2 rings (SSSR count). The number of aryl methyl sites for hydroxylation is 2. The third kappa shape index (κ3) is 3.63. The van der Waals surface area contributed by atoms with Gasteiger partial charge in [0.05, 0.1) is 6.10 Å². The monoisotopic (exact) mass is 293 g/mol. The number of hydrogen-bond donors (Lipinski definition) is 2. The third-order valence-corrected chi connectivity index (χ3v) is 3.67. The highest BCUT2D eigenvalue weighted by atomic mass is 35.5. The molecule has 1 aromatic carbocycles. The Balaban J connectivity index is 1.94. The van der Waals surface area contributed by atoms with Crippen LogP contribution in [0.5, 0.6) is 0 Å². The maximum atomic E-state index is 10.2. The minimum Gasteiger partial charge on any atom is -0.466 e. The number of aliphatic hydroxyl groups excluding tert-OH is 1. The zero-order chi connectivity index (χ0) is 14.7. The van der Waals surface area contributed by atoms with Crippen LogP contribution >= 0.6 is 11.6 Å². The third-order valence-electron chi connectivity index (χ3n) is 3.42. The summed E-state index contributed by atoms with van der Waals surface area (Å²) in [5, 5.41) is 14.1. The molecule has 0 saturated heterocycles. The molecule has 0 bridgehead atoms. The van der Waals surface area contributed by atoms with Gasteiger partial charge in [0.1, 0.15) is 11.5 Å². The van der Waals surface area contributed by atoms with Crippen molar-refractivity contribution in [2.75, 3.05) is 6.54 Å². The van der Waals surface area contributed by atoms with E-state index in [0.29, 0.717) is 11.6 Å². The predicted octanol–water partition coefficient (Wildman–Crippen LogP) is 3.93. The first-order chi connectivity index (χ1) is 9.47. The van der Waals surface area contributed by atoms with Gasteiger partial charge in [-0.15, -0.1) is 0 Å². The van der Waals surface area contributed by atoms with Crippen LogP contribution in [0.2, 0.25) is 5.02 Å². The Bertz CT molecular complexity index is 562. The van der Waals surface area contributed by atoms with Crippen molar-refractivity contribution in [1.29, 1.82) is 0 Å². The molecule has 2 atom stereocenters. The van der Waals surface area contributed by atoms with Crippen LogP contribution in [-0.2, 0) is 0 Å². The van der Waals surface area contributed by atoms with Crippen molar-refractivity contribution < 1.29 is 9.52 Å². The molecule has 2 N–H and O–H groups in total. The first-order valence-corrected chi connectivity index (χ1v) is 7.09. The number of nitrogens with one attached hydrogen (secondary N) is 1. The summed E-state index contributed by atoms with van der Waals surface area (Å²) in [5.41, 5.74) is 1.99. The van der Waals surface area contributed by atoms with Gasteiger partial charge in [0.25, 0.3) is 0 Å². The summed E-state index contributed by atoms with van der Waals surface area (Å²) in [7, 11) is 0. The van der Waals surface area contributed by atoms with Crippen LogP contribution in [0.3, 0.4) is 0 Å². The Morgan fingerprint density at radius 1 is 1.25 bits per heavy atom. The molecule has 20 heavy (non-hydrogen) atoms. The zero-order valence-electron chi connectivity index (χ0n) is 12.0. The summed E-state index contributed by atoms with van der Waals surface area (Å²) in [6.07, 6.45) is -0.553. The molecule has 0 aliphatic carbocycles. The molecule has 0 aliphatic rings. The molecule has 2 aromatic rings. The van der Waals surface area contributed by atoms with Gasteiger partial charge in [0, 0.05) is 23.2 Å². The molecule has 2 unspecified atom stereocenters. The highest BCUT2D eigenvalue weighted by Crippen LogP contribution is 2.22. The number of hydrogen-bond acceptors (Lipinski definition) is 3. The van der Waals surface area contributed by atoms with Crippen LogP contribution < -0.4 is 5.32 Å². The lowest BCUT2D eigenvalue weighted by Crippen LogP contribution is -2.24. The normalized spacial score (nSPS) is 14.2. The van der Waals surface area contributed by atoms with Crippen molar-refractivity contribution in [3.8, 4) is 0 Å². The number of halogens is 1. The number of furan rings is 1. The van der Waals surface area contributed by atoms with E-state index in [9.17, 15) is 5.11 Å². The minimum atomic E-state index is -0.553. The second-order valence-corrected chi connectivity index (χ2v) is 5.50. The maximum Gasteiger partial charge on any atom is 0.105 e. The van der Waals surface area contributed by atoms with E-state index in [1.54, 1.807) is 12.1 Å². The lowest BCUT2D eigenvalue weighted by molar-refractivity contribution is 0.170. The zero-order valence-corrected chi connectivity index (χ0v) is 12.7. The van der Waals surface area contributed by atoms with Crippen molar-refractivity contribution in [2.24, 2.45) is 0 Å². The number of aliphatic hydroxyl groups is 1. The van der Waals surface area contributed by atoms with Crippen LogP contribution in [0.1, 0.15) is 41.7 Å². The van der Waals surface area contributed by atoms with E-state index in [1.807, 2.05) is 32.0 Å². The predicted molar refractivity (Wildman–Crippen MR) is 81.0 cm³/mol. The van der Waals surface area contributed by atoms with Gasteiger partial charge < -0.3 is 14.8 Å². The van der Waals surface area contributed by atoms with Crippen molar-refractivity contribution in [2.45, 2.75) is 32.9 Å². The Hall–Kier alpha value is -1.29. The fourth-order valence-corrected chi connectivity index (χ4v) is 2.41. The van der Waals surface area contributed by atoms with E-state index in [0.717, 1.165) is 22.6 Å². The second kappa shape index (κ2) is 6.44. The lowest BCUT2D eigenvalue weighted by Gasteiger charge is -2.17. The summed E-state index contributed by atoms with van der Waals surface area (Å²) in [6.45, 7) is 6.43. The van der Waals surface area contributed by atoms with Crippen LogP contribution in [-0.4, -0.2) is 11.7 Å². The van der Waals surface area contributed by atoms with Gasteiger partial charge in [-0.3, -0.25) is 0 Å². The molecule has 0 amide bonds. The van der Waals surface area contributed by atoms with E-state index in [2.05, 4.69) is 12.2 Å². The largest absolute Gasteiger partial charge is 0.466 e. The molecule has 1 heterocycles. The van der Waals surface area contributed by atoms with Crippen LogP contribution in [0.25, 0.3) is 0 Å². The molecule has 0 fully saturated rings. The number of rotatable bonds is 5. The van der Waals surface area contributed by atoms with Gasteiger partial charge in [-0.25, -0.2) is 0 Å². The molecular weight excluding hydrogens is 274 g/mol. The van der Waals surface area contributed by atoms with E-state index in [-0.39, 0.29) is 6.04 Å². The van der Waals surface area contributed by atoms with Crippen LogP contribution in [0.4, 0.5) is 0 Å². The number of benzene rings is 1. The molecule has 108 valence electrons. The van der Waals surface area contributed by atoms with Gasteiger partial charge in [0.15, 0.2) is 0 Å². The van der Waals surface area contributed by atoms with Crippen molar-refractivity contribution in [3.63, 3.8) is 0 Å². The highest BCUT2D eigenvalue weighted by molar-refractivity contribution is 6.30. The van der Waals surface area contributed by atoms with Gasteiger partial charge in [-0.1, -0.05) is 23.7 Å². The first-order valence-electron chi connectivity index (χ1n) is 6.71. The summed E-state index contributed by atoms with van der Waals surface area (Å²) < 4.78 is 5.52. The molecule has 3 nitrogen and oxygen atoms in total. The van der Waals surface area contributed by atoms with E-state index in [4.69, 9.17) is 16.0 Å². The average Bonchev–Trinajstić information content (AvgIpc) is 2.75. The average molecular weight is 294 g/mol. The Labute approximate surface area is 124 Å². The van der Waals surface area contributed by atoms with Gasteiger partial charge in [0.2, 0.25) is 0 Å². The maximum absolute atomic E-state index is 10.2.